The number of halogens is 2. The summed E-state index contributed by atoms with van der Waals surface area (Å²) in [5, 5.41) is 17.2. The molecule has 1 aliphatic carbocycles. The molecule has 0 aliphatic heterocycles. The molecule has 0 saturated heterocycles. The predicted octanol–water partition coefficient (Wildman–Crippen LogP) is 4.50. The molecule has 35 heavy (non-hydrogen) atoms. The minimum Gasteiger partial charge on any atom is -0.493 e. The van der Waals surface area contributed by atoms with E-state index in [9.17, 15) is 13.6 Å². The first-order valence-electron chi connectivity index (χ1n) is 10.8. The van der Waals surface area contributed by atoms with Crippen LogP contribution in [0.25, 0.3) is 22.5 Å². The van der Waals surface area contributed by atoms with Gasteiger partial charge in [0.1, 0.15) is 11.6 Å². The van der Waals surface area contributed by atoms with Crippen molar-refractivity contribution in [2.75, 3.05) is 19.5 Å². The Morgan fingerprint density at radius 1 is 0.943 bits per heavy atom. The van der Waals surface area contributed by atoms with E-state index in [1.54, 1.807) is 32.4 Å². The molecule has 178 valence electrons. The molecule has 5 rings (SSSR count). The Labute approximate surface area is 199 Å². The van der Waals surface area contributed by atoms with Crippen molar-refractivity contribution < 1.29 is 23.0 Å². The van der Waals surface area contributed by atoms with Crippen LogP contribution in [-0.4, -0.2) is 40.8 Å². The van der Waals surface area contributed by atoms with Crippen molar-refractivity contribution in [3.63, 3.8) is 0 Å². The lowest BCUT2D eigenvalue weighted by molar-refractivity contribution is -0.118. The largest absolute Gasteiger partial charge is 0.493 e. The van der Waals surface area contributed by atoms with Gasteiger partial charge in [-0.1, -0.05) is 12.1 Å². The van der Waals surface area contributed by atoms with Gasteiger partial charge in [0.05, 0.1) is 19.6 Å². The van der Waals surface area contributed by atoms with Crippen LogP contribution in [0, 0.1) is 11.6 Å². The van der Waals surface area contributed by atoms with Gasteiger partial charge in [-0.15, -0.1) is 10.2 Å². The van der Waals surface area contributed by atoms with Crippen LogP contribution in [0.2, 0.25) is 0 Å². The molecule has 2 N–H and O–H groups in total. The molecular weight excluding hydrogens is 456 g/mol. The quantitative estimate of drug-likeness (QED) is 0.406. The third-order valence-electron chi connectivity index (χ3n) is 6.16. The van der Waals surface area contributed by atoms with Crippen LogP contribution in [0.3, 0.4) is 0 Å². The minimum atomic E-state index is -0.961. The molecular formula is C25H21F2N5O3. The number of carbonyl (C=O) groups is 1. The number of rotatable bonds is 7. The molecule has 1 fully saturated rings. The first-order chi connectivity index (χ1) is 16.9. The van der Waals surface area contributed by atoms with Gasteiger partial charge in [-0.05, 0) is 71.1 Å². The number of aromatic amines is 1. The number of carbonyl (C=O) groups excluding carboxylic acids is 1. The monoisotopic (exact) mass is 477 g/mol. The summed E-state index contributed by atoms with van der Waals surface area (Å²) in [7, 11) is 3.11. The second kappa shape index (κ2) is 8.79. The van der Waals surface area contributed by atoms with Crippen molar-refractivity contribution in [3.05, 3.63) is 71.8 Å². The molecule has 0 unspecified atom stereocenters. The van der Waals surface area contributed by atoms with E-state index in [1.165, 1.54) is 12.1 Å². The predicted molar refractivity (Wildman–Crippen MR) is 124 cm³/mol. The van der Waals surface area contributed by atoms with Crippen LogP contribution in [0.1, 0.15) is 18.4 Å². The molecule has 1 aliphatic rings. The number of H-pyrrole nitrogens is 1. The summed E-state index contributed by atoms with van der Waals surface area (Å²) in [6.07, 6.45) is 1.01. The molecule has 4 aromatic rings. The maximum atomic E-state index is 13.8. The molecule has 3 aromatic carbocycles. The van der Waals surface area contributed by atoms with Crippen molar-refractivity contribution in [1.82, 2.24) is 20.6 Å². The Kier molecular flexibility index (Phi) is 5.64. The molecule has 0 radical (unpaired) electrons. The summed E-state index contributed by atoms with van der Waals surface area (Å²) < 4.78 is 38.3. The lowest BCUT2D eigenvalue weighted by atomic mass is 9.94. The van der Waals surface area contributed by atoms with Gasteiger partial charge in [0.15, 0.2) is 11.5 Å². The maximum absolute atomic E-state index is 13.8. The Morgan fingerprint density at radius 2 is 1.69 bits per heavy atom. The number of nitrogens with one attached hydrogen (secondary N) is 2. The maximum Gasteiger partial charge on any atom is 0.235 e. The summed E-state index contributed by atoms with van der Waals surface area (Å²) in [6, 6.07) is 14.0. The normalized spacial score (nSPS) is 13.8. The summed E-state index contributed by atoms with van der Waals surface area (Å²) in [4.78, 5) is 13.2. The SMILES string of the molecule is COc1ccc(-c2ccc(NC(=O)C3(c4cc(F)cc(F)c4)CC3)cc2-c2nn[nH]n2)cc1OC. The van der Waals surface area contributed by atoms with Gasteiger partial charge in [-0.2, -0.15) is 5.21 Å². The second-order valence-electron chi connectivity index (χ2n) is 8.26. The molecule has 0 atom stereocenters. The highest BCUT2D eigenvalue weighted by Crippen LogP contribution is 2.49. The van der Waals surface area contributed by atoms with E-state index in [2.05, 4.69) is 25.9 Å². The van der Waals surface area contributed by atoms with Crippen molar-refractivity contribution in [3.8, 4) is 34.0 Å². The van der Waals surface area contributed by atoms with E-state index in [0.29, 0.717) is 47.0 Å². The number of nitrogens with zero attached hydrogens (tertiary/aromatic N) is 3. The third kappa shape index (κ3) is 4.18. The summed E-state index contributed by atoms with van der Waals surface area (Å²) in [5.74, 6) is -0.278. The Balaban J connectivity index is 1.50. The number of ether oxygens (including phenoxy) is 2. The number of methoxy groups -OCH3 is 2. The first-order valence-corrected chi connectivity index (χ1v) is 10.8. The van der Waals surface area contributed by atoms with Crippen LogP contribution in [0.5, 0.6) is 11.5 Å². The van der Waals surface area contributed by atoms with Crippen LogP contribution in [0.4, 0.5) is 14.5 Å². The van der Waals surface area contributed by atoms with Crippen LogP contribution in [0.15, 0.2) is 54.6 Å². The lowest BCUT2D eigenvalue weighted by Gasteiger charge is -2.17. The van der Waals surface area contributed by atoms with Crippen LogP contribution >= 0.6 is 0 Å². The summed E-state index contributed by atoms with van der Waals surface area (Å²) >= 11 is 0. The van der Waals surface area contributed by atoms with Crippen molar-refractivity contribution >= 4 is 11.6 Å². The van der Waals surface area contributed by atoms with E-state index < -0.39 is 17.0 Å². The average molecular weight is 477 g/mol. The number of tetrazole rings is 1. The highest BCUT2D eigenvalue weighted by molar-refractivity contribution is 6.02. The van der Waals surface area contributed by atoms with Gasteiger partial charge < -0.3 is 14.8 Å². The molecule has 1 heterocycles. The fourth-order valence-electron chi connectivity index (χ4n) is 4.19. The van der Waals surface area contributed by atoms with E-state index >= 15 is 0 Å². The summed E-state index contributed by atoms with van der Waals surface area (Å²) in [6.45, 7) is 0. The molecule has 0 spiro atoms. The number of aromatic nitrogens is 4. The smallest absolute Gasteiger partial charge is 0.235 e. The minimum absolute atomic E-state index is 0.327. The number of anilines is 1. The van der Waals surface area contributed by atoms with Gasteiger partial charge in [-0.25, -0.2) is 8.78 Å². The number of benzene rings is 3. The van der Waals surface area contributed by atoms with Crippen LogP contribution < -0.4 is 14.8 Å². The number of hydrogen-bond donors (Lipinski definition) is 2. The fourth-order valence-corrected chi connectivity index (χ4v) is 4.19. The van der Waals surface area contributed by atoms with E-state index in [1.807, 2.05) is 18.2 Å². The van der Waals surface area contributed by atoms with E-state index in [-0.39, 0.29) is 5.91 Å². The van der Waals surface area contributed by atoms with Gasteiger partial charge in [0.25, 0.3) is 0 Å². The van der Waals surface area contributed by atoms with Crippen molar-refractivity contribution in [2.24, 2.45) is 0 Å². The molecule has 10 heteroatoms. The third-order valence-corrected chi connectivity index (χ3v) is 6.16. The fraction of sp³-hybridized carbons (Fsp3) is 0.200. The average Bonchev–Trinajstić information content (AvgIpc) is 3.50. The van der Waals surface area contributed by atoms with Gasteiger partial charge in [0.2, 0.25) is 11.7 Å². The summed E-state index contributed by atoms with van der Waals surface area (Å²) in [5.41, 5.74) is 2.06. The Morgan fingerprint density at radius 3 is 2.31 bits per heavy atom. The van der Waals surface area contributed by atoms with E-state index in [4.69, 9.17) is 9.47 Å². The molecule has 1 saturated carbocycles. The van der Waals surface area contributed by atoms with Crippen molar-refractivity contribution in [1.29, 1.82) is 0 Å². The van der Waals surface area contributed by atoms with E-state index in [0.717, 1.165) is 17.2 Å². The number of amides is 1. The standard InChI is InChI=1S/C25H21F2N5O3/c1-34-21-6-3-14(9-22(21)35-2)19-5-4-18(13-20(19)23-29-31-32-30-23)28-24(33)25(7-8-25)15-10-16(26)12-17(27)11-15/h3-6,9-13H,7-8H2,1-2H3,(H,28,33)(H,29,30,31,32). The van der Waals surface area contributed by atoms with Gasteiger partial charge in [-0.3, -0.25) is 4.79 Å². The highest BCUT2D eigenvalue weighted by atomic mass is 19.1. The lowest BCUT2D eigenvalue weighted by Crippen LogP contribution is -2.28. The topological polar surface area (TPSA) is 102 Å². The molecule has 0 bridgehead atoms. The zero-order chi connectivity index (χ0) is 24.6. The molecule has 1 aromatic heterocycles. The Hall–Kier alpha value is -4.34. The zero-order valence-electron chi connectivity index (χ0n) is 18.9. The van der Waals surface area contributed by atoms with Gasteiger partial charge >= 0.3 is 0 Å². The van der Waals surface area contributed by atoms with Gasteiger partial charge in [0, 0.05) is 17.3 Å². The Bertz CT molecular complexity index is 1380. The molecule has 1 amide bonds. The second-order valence-corrected chi connectivity index (χ2v) is 8.26. The number of hydrogen-bond acceptors (Lipinski definition) is 6. The zero-order valence-corrected chi connectivity index (χ0v) is 18.9. The molecule has 8 nitrogen and oxygen atoms in total. The van der Waals surface area contributed by atoms with Crippen LogP contribution in [-0.2, 0) is 10.2 Å². The highest BCUT2D eigenvalue weighted by Gasteiger charge is 2.51. The van der Waals surface area contributed by atoms with Crippen molar-refractivity contribution in [2.45, 2.75) is 18.3 Å². The first kappa shape index (κ1) is 22.5.